The number of nitrogens with one attached hydrogen (secondary N) is 1. The molecule has 0 amide bonds. The Morgan fingerprint density at radius 3 is 2.25 bits per heavy atom. The van der Waals surface area contributed by atoms with Crippen LogP contribution in [0, 0.1) is 0 Å². The van der Waals surface area contributed by atoms with Crippen LogP contribution >= 0.6 is 0 Å². The van der Waals surface area contributed by atoms with Crippen LogP contribution in [-0.4, -0.2) is 32.1 Å². The van der Waals surface area contributed by atoms with E-state index in [9.17, 15) is 0 Å². The minimum absolute atomic E-state index is 0.234. The van der Waals surface area contributed by atoms with Gasteiger partial charge in [-0.25, -0.2) is 0 Å². The van der Waals surface area contributed by atoms with E-state index in [2.05, 4.69) is 42.6 Å². The normalized spacial score (nSPS) is 24.1. The first-order valence-electron chi connectivity index (χ1n) is 7.83. The first-order valence-corrected chi connectivity index (χ1v) is 7.83. The van der Waals surface area contributed by atoms with Gasteiger partial charge in [0.25, 0.3) is 0 Å². The highest BCUT2D eigenvalue weighted by molar-refractivity contribution is 5.27. The van der Waals surface area contributed by atoms with Gasteiger partial charge in [0.1, 0.15) is 0 Å². The number of benzene rings is 1. The van der Waals surface area contributed by atoms with Crippen LogP contribution in [-0.2, 0) is 14.9 Å². The number of hydrogen-bond acceptors (Lipinski definition) is 3. The molecule has 0 atom stereocenters. The Labute approximate surface area is 121 Å². The second kappa shape index (κ2) is 5.84. The fourth-order valence-corrected chi connectivity index (χ4v) is 3.62. The maximum absolute atomic E-state index is 5.87. The van der Waals surface area contributed by atoms with Crippen molar-refractivity contribution in [3.8, 4) is 0 Å². The molecular formula is C17H25NO2. The maximum Gasteiger partial charge on any atom is 0.168 e. The predicted molar refractivity (Wildman–Crippen MR) is 79.8 cm³/mol. The van der Waals surface area contributed by atoms with Crippen LogP contribution < -0.4 is 5.32 Å². The summed E-state index contributed by atoms with van der Waals surface area (Å²) in [6.07, 6.45) is 4.27. The van der Waals surface area contributed by atoms with Gasteiger partial charge >= 0.3 is 0 Å². The van der Waals surface area contributed by atoms with Crippen LogP contribution in [0.1, 0.15) is 38.2 Å². The van der Waals surface area contributed by atoms with Crippen LogP contribution in [0.4, 0.5) is 0 Å². The lowest BCUT2D eigenvalue weighted by Gasteiger charge is -2.44. The van der Waals surface area contributed by atoms with Gasteiger partial charge in [-0.05, 0) is 24.9 Å². The van der Waals surface area contributed by atoms with Gasteiger partial charge in [0.2, 0.25) is 0 Å². The molecule has 1 heterocycles. The van der Waals surface area contributed by atoms with Crippen LogP contribution in [0.3, 0.4) is 0 Å². The molecule has 0 unspecified atom stereocenters. The third-order valence-electron chi connectivity index (χ3n) is 4.88. The number of hydrogen-bond donors (Lipinski definition) is 1. The first kappa shape index (κ1) is 14.1. The topological polar surface area (TPSA) is 30.5 Å². The number of ether oxygens (including phenoxy) is 2. The highest BCUT2D eigenvalue weighted by atomic mass is 16.7. The van der Waals surface area contributed by atoms with Crippen molar-refractivity contribution in [2.24, 2.45) is 0 Å². The van der Waals surface area contributed by atoms with Gasteiger partial charge in [0, 0.05) is 24.8 Å². The van der Waals surface area contributed by atoms with E-state index in [4.69, 9.17) is 9.47 Å². The zero-order chi connectivity index (χ0) is 13.9. The van der Waals surface area contributed by atoms with Gasteiger partial charge in [-0.15, -0.1) is 0 Å². The Kier molecular flexibility index (Phi) is 4.11. The molecule has 2 fully saturated rings. The van der Waals surface area contributed by atoms with E-state index in [0.29, 0.717) is 0 Å². The molecule has 0 aromatic heterocycles. The zero-order valence-corrected chi connectivity index (χ0v) is 12.4. The van der Waals surface area contributed by atoms with Crippen molar-refractivity contribution >= 4 is 0 Å². The average molecular weight is 275 g/mol. The molecule has 1 aliphatic carbocycles. The third-order valence-corrected chi connectivity index (χ3v) is 4.88. The molecule has 3 heteroatoms. The van der Waals surface area contributed by atoms with E-state index in [0.717, 1.165) is 52.0 Å². The molecule has 2 aliphatic rings. The van der Waals surface area contributed by atoms with E-state index >= 15 is 0 Å². The van der Waals surface area contributed by atoms with Gasteiger partial charge in [0.05, 0.1) is 13.2 Å². The van der Waals surface area contributed by atoms with E-state index in [1.807, 2.05) is 0 Å². The highest BCUT2D eigenvalue weighted by Gasteiger charge is 2.46. The molecule has 3 rings (SSSR count). The lowest BCUT2D eigenvalue weighted by atomic mass is 9.67. The van der Waals surface area contributed by atoms with Crippen molar-refractivity contribution < 1.29 is 9.47 Å². The van der Waals surface area contributed by atoms with Crippen LogP contribution in [0.25, 0.3) is 0 Å². The SMILES string of the molecule is CCNCC1(c2ccccc2)CCC2(CC1)OCCO2. The highest BCUT2D eigenvalue weighted by Crippen LogP contribution is 2.46. The molecule has 1 N–H and O–H groups in total. The molecule has 1 saturated heterocycles. The molecule has 3 nitrogen and oxygen atoms in total. The lowest BCUT2D eigenvalue weighted by Crippen LogP contribution is -2.47. The molecule has 0 radical (unpaired) electrons. The van der Waals surface area contributed by atoms with Gasteiger partial charge in [-0.2, -0.15) is 0 Å². The Morgan fingerprint density at radius 1 is 1.00 bits per heavy atom. The Balaban J connectivity index is 1.78. The summed E-state index contributed by atoms with van der Waals surface area (Å²) >= 11 is 0. The zero-order valence-electron chi connectivity index (χ0n) is 12.4. The minimum Gasteiger partial charge on any atom is -0.348 e. The summed E-state index contributed by atoms with van der Waals surface area (Å²) in [5, 5.41) is 3.55. The van der Waals surface area contributed by atoms with Gasteiger partial charge in [-0.3, -0.25) is 0 Å². The van der Waals surface area contributed by atoms with Crippen molar-refractivity contribution in [2.75, 3.05) is 26.3 Å². The monoisotopic (exact) mass is 275 g/mol. The molecule has 1 aromatic carbocycles. The van der Waals surface area contributed by atoms with Crippen molar-refractivity contribution in [1.29, 1.82) is 0 Å². The first-order chi connectivity index (χ1) is 9.79. The van der Waals surface area contributed by atoms with Crippen LogP contribution in [0.5, 0.6) is 0 Å². The van der Waals surface area contributed by atoms with Crippen molar-refractivity contribution in [1.82, 2.24) is 5.32 Å². The summed E-state index contributed by atoms with van der Waals surface area (Å²) in [5.41, 5.74) is 1.69. The summed E-state index contributed by atoms with van der Waals surface area (Å²) < 4.78 is 11.7. The molecule has 1 aromatic rings. The average Bonchev–Trinajstić information content (AvgIpc) is 2.97. The van der Waals surface area contributed by atoms with E-state index in [1.165, 1.54) is 5.56 Å². The van der Waals surface area contributed by atoms with Gasteiger partial charge in [0.15, 0.2) is 5.79 Å². The fraction of sp³-hybridized carbons (Fsp3) is 0.647. The van der Waals surface area contributed by atoms with Crippen molar-refractivity contribution in [2.45, 2.75) is 43.8 Å². The summed E-state index contributed by atoms with van der Waals surface area (Å²) in [6.45, 7) is 5.75. The Bertz CT molecular complexity index is 416. The second-order valence-electron chi connectivity index (χ2n) is 6.03. The smallest absolute Gasteiger partial charge is 0.168 e. The molecule has 1 saturated carbocycles. The third kappa shape index (κ3) is 2.62. The van der Waals surface area contributed by atoms with E-state index in [-0.39, 0.29) is 11.2 Å². The summed E-state index contributed by atoms with van der Waals surface area (Å²) in [5.74, 6) is -0.273. The largest absolute Gasteiger partial charge is 0.348 e. The molecule has 0 bridgehead atoms. The molecule has 110 valence electrons. The summed E-state index contributed by atoms with van der Waals surface area (Å²) in [7, 11) is 0. The molecular weight excluding hydrogens is 250 g/mol. The van der Waals surface area contributed by atoms with Gasteiger partial charge < -0.3 is 14.8 Å². The second-order valence-corrected chi connectivity index (χ2v) is 6.03. The van der Waals surface area contributed by atoms with Crippen molar-refractivity contribution in [3.05, 3.63) is 35.9 Å². The van der Waals surface area contributed by atoms with Crippen molar-refractivity contribution in [3.63, 3.8) is 0 Å². The fourth-order valence-electron chi connectivity index (χ4n) is 3.62. The minimum atomic E-state index is -0.273. The Hall–Kier alpha value is -0.900. The molecule has 1 aliphatic heterocycles. The van der Waals surface area contributed by atoms with Gasteiger partial charge in [-0.1, -0.05) is 37.3 Å². The predicted octanol–water partition coefficient (Wildman–Crippen LogP) is 2.85. The lowest BCUT2D eigenvalue weighted by molar-refractivity contribution is -0.185. The molecule has 1 spiro atoms. The summed E-state index contributed by atoms with van der Waals surface area (Å²) in [4.78, 5) is 0. The van der Waals surface area contributed by atoms with Crippen LogP contribution in [0.2, 0.25) is 0 Å². The standard InChI is InChI=1S/C17H25NO2/c1-2-18-14-16(15-6-4-3-5-7-15)8-10-17(11-9-16)19-12-13-20-17/h3-7,18H,2,8-14H2,1H3. The Morgan fingerprint density at radius 2 is 1.65 bits per heavy atom. The van der Waals surface area contributed by atoms with E-state index < -0.39 is 0 Å². The quantitative estimate of drug-likeness (QED) is 0.916. The van der Waals surface area contributed by atoms with Crippen LogP contribution in [0.15, 0.2) is 30.3 Å². The maximum atomic E-state index is 5.87. The molecule has 20 heavy (non-hydrogen) atoms. The summed E-state index contributed by atoms with van der Waals surface area (Å²) in [6, 6.07) is 10.9. The number of rotatable bonds is 4. The number of likely N-dealkylation sites (N-methyl/N-ethyl adjacent to an activating group) is 1. The van der Waals surface area contributed by atoms with E-state index in [1.54, 1.807) is 0 Å².